The maximum atomic E-state index is 13.1. The first-order valence-electron chi connectivity index (χ1n) is 6.24. The van der Waals surface area contributed by atoms with Gasteiger partial charge in [-0.15, -0.1) is 0 Å². The summed E-state index contributed by atoms with van der Waals surface area (Å²) in [7, 11) is 0. The highest BCUT2D eigenvalue weighted by molar-refractivity contribution is 5.71. The van der Waals surface area contributed by atoms with Crippen LogP contribution in [0.1, 0.15) is 16.1 Å². The Morgan fingerprint density at radius 2 is 2.30 bits per heavy atom. The summed E-state index contributed by atoms with van der Waals surface area (Å²) in [6.07, 6.45) is 2.64. The second-order valence-corrected chi connectivity index (χ2v) is 4.54. The van der Waals surface area contributed by atoms with Crippen molar-refractivity contribution in [1.29, 1.82) is 0 Å². The number of pyridine rings is 1. The highest BCUT2D eigenvalue weighted by atomic mass is 19.1. The van der Waals surface area contributed by atoms with Gasteiger partial charge in [-0.25, -0.2) is 9.37 Å². The van der Waals surface area contributed by atoms with Crippen LogP contribution in [0.5, 0.6) is 11.5 Å². The molecule has 5 heteroatoms. The van der Waals surface area contributed by atoms with Crippen molar-refractivity contribution in [3.8, 4) is 11.5 Å². The van der Waals surface area contributed by atoms with E-state index in [0.717, 1.165) is 5.56 Å². The highest BCUT2D eigenvalue weighted by Crippen LogP contribution is 2.29. The van der Waals surface area contributed by atoms with Crippen LogP contribution in [-0.2, 0) is 6.42 Å². The number of aldehydes is 1. The van der Waals surface area contributed by atoms with Gasteiger partial charge in [0.05, 0.1) is 6.20 Å². The molecule has 1 aliphatic rings. The summed E-state index contributed by atoms with van der Waals surface area (Å²) in [4.78, 5) is 14.4. The second kappa shape index (κ2) is 5.28. The molecule has 1 aromatic heterocycles. The number of fused-ring (bicyclic) bond motifs is 1. The Balaban J connectivity index is 1.59. The number of halogens is 1. The third-order valence-corrected chi connectivity index (χ3v) is 3.08. The smallest absolute Gasteiger partial charge is 0.168 e. The molecule has 3 rings (SSSR count). The van der Waals surface area contributed by atoms with Gasteiger partial charge < -0.3 is 9.47 Å². The van der Waals surface area contributed by atoms with Crippen LogP contribution >= 0.6 is 0 Å². The lowest BCUT2D eigenvalue weighted by Gasteiger charge is -2.12. The van der Waals surface area contributed by atoms with Gasteiger partial charge in [0.1, 0.15) is 35.7 Å². The number of nitrogens with zero attached hydrogens (tertiary/aromatic N) is 1. The molecule has 0 radical (unpaired) electrons. The van der Waals surface area contributed by atoms with Crippen LogP contribution in [0, 0.1) is 5.82 Å². The summed E-state index contributed by atoms with van der Waals surface area (Å²) in [5.41, 5.74) is 1.21. The molecule has 0 saturated heterocycles. The number of carbonyl (C=O) groups excluding carboxylic acids is 1. The van der Waals surface area contributed by atoms with E-state index >= 15 is 0 Å². The molecule has 0 spiro atoms. The minimum atomic E-state index is -0.262. The first-order valence-corrected chi connectivity index (χ1v) is 6.24. The van der Waals surface area contributed by atoms with Crippen molar-refractivity contribution in [1.82, 2.24) is 4.98 Å². The Bertz CT molecular complexity index is 628. The van der Waals surface area contributed by atoms with E-state index in [1.165, 1.54) is 18.3 Å². The highest BCUT2D eigenvalue weighted by Gasteiger charge is 2.23. The molecule has 1 atom stereocenters. The van der Waals surface area contributed by atoms with Crippen LogP contribution < -0.4 is 9.47 Å². The normalized spacial score (nSPS) is 16.4. The van der Waals surface area contributed by atoms with Crippen molar-refractivity contribution in [3.63, 3.8) is 0 Å². The zero-order valence-corrected chi connectivity index (χ0v) is 10.6. The zero-order valence-electron chi connectivity index (χ0n) is 10.6. The lowest BCUT2D eigenvalue weighted by molar-refractivity contribution is 0.111. The van der Waals surface area contributed by atoms with Crippen LogP contribution in [0.25, 0.3) is 0 Å². The number of rotatable bonds is 4. The number of benzene rings is 1. The van der Waals surface area contributed by atoms with Gasteiger partial charge in [-0.1, -0.05) is 0 Å². The Kier molecular flexibility index (Phi) is 3.33. The summed E-state index contributed by atoms with van der Waals surface area (Å²) >= 11 is 0. The lowest BCUT2D eigenvalue weighted by atomic mass is 10.1. The van der Waals surface area contributed by atoms with E-state index in [1.54, 1.807) is 18.2 Å². The third-order valence-electron chi connectivity index (χ3n) is 3.08. The average Bonchev–Trinajstić information content (AvgIpc) is 2.87. The predicted octanol–water partition coefficient (Wildman–Crippen LogP) is 2.42. The topological polar surface area (TPSA) is 48.4 Å². The summed E-state index contributed by atoms with van der Waals surface area (Å²) in [6.45, 7) is 0.346. The number of hydrogen-bond acceptors (Lipinski definition) is 4. The van der Waals surface area contributed by atoms with E-state index in [1.807, 2.05) is 0 Å². The van der Waals surface area contributed by atoms with Gasteiger partial charge in [-0.2, -0.15) is 0 Å². The SMILES string of the molecule is O=Cc1ccc(OCC2Cc3cc(F)ccc3O2)cn1. The minimum Gasteiger partial charge on any atom is -0.488 e. The molecule has 0 bridgehead atoms. The van der Waals surface area contributed by atoms with Crippen molar-refractivity contribution in [3.05, 3.63) is 53.6 Å². The van der Waals surface area contributed by atoms with Crippen LogP contribution in [0.2, 0.25) is 0 Å². The van der Waals surface area contributed by atoms with Gasteiger partial charge in [-0.3, -0.25) is 4.79 Å². The molecule has 1 aliphatic heterocycles. The third kappa shape index (κ3) is 2.61. The van der Waals surface area contributed by atoms with E-state index in [0.29, 0.717) is 36.5 Å². The van der Waals surface area contributed by atoms with Crippen molar-refractivity contribution in [2.45, 2.75) is 12.5 Å². The molecular weight excluding hydrogens is 261 g/mol. The maximum absolute atomic E-state index is 13.1. The van der Waals surface area contributed by atoms with Crippen molar-refractivity contribution >= 4 is 6.29 Å². The minimum absolute atomic E-state index is 0.141. The van der Waals surface area contributed by atoms with Gasteiger partial charge in [0.25, 0.3) is 0 Å². The second-order valence-electron chi connectivity index (χ2n) is 4.54. The van der Waals surface area contributed by atoms with Crippen molar-refractivity contribution in [2.75, 3.05) is 6.61 Å². The van der Waals surface area contributed by atoms with Crippen molar-refractivity contribution < 1.29 is 18.7 Å². The molecule has 1 aromatic carbocycles. The van der Waals surface area contributed by atoms with Gasteiger partial charge in [0.2, 0.25) is 0 Å². The standard InChI is InChI=1S/C15H12FNO3/c16-11-1-4-15-10(5-11)6-14(20-15)9-19-13-3-2-12(8-18)17-7-13/h1-5,7-8,14H,6,9H2. The predicted molar refractivity (Wildman–Crippen MR) is 69.6 cm³/mol. The zero-order chi connectivity index (χ0) is 13.9. The Labute approximate surface area is 115 Å². The number of ether oxygens (including phenoxy) is 2. The molecule has 1 unspecified atom stereocenters. The largest absolute Gasteiger partial charge is 0.488 e. The molecule has 102 valence electrons. The molecule has 0 N–H and O–H groups in total. The fourth-order valence-electron chi connectivity index (χ4n) is 2.12. The molecule has 0 amide bonds. The average molecular weight is 273 g/mol. The molecule has 4 nitrogen and oxygen atoms in total. The maximum Gasteiger partial charge on any atom is 0.168 e. The molecule has 0 saturated carbocycles. The molecule has 2 aromatic rings. The Morgan fingerprint density at radius 3 is 3.05 bits per heavy atom. The van der Waals surface area contributed by atoms with Gasteiger partial charge in [-0.05, 0) is 30.3 Å². The molecule has 2 heterocycles. The summed E-state index contributed by atoms with van der Waals surface area (Å²) < 4.78 is 24.3. The summed E-state index contributed by atoms with van der Waals surface area (Å²) in [5.74, 6) is 1.01. The summed E-state index contributed by atoms with van der Waals surface area (Å²) in [6, 6.07) is 7.76. The molecule has 20 heavy (non-hydrogen) atoms. The van der Waals surface area contributed by atoms with Crippen LogP contribution in [0.15, 0.2) is 36.5 Å². The Morgan fingerprint density at radius 1 is 1.40 bits per heavy atom. The number of hydrogen-bond donors (Lipinski definition) is 0. The molecular formula is C15H12FNO3. The van der Waals surface area contributed by atoms with Gasteiger partial charge in [0.15, 0.2) is 6.29 Å². The van der Waals surface area contributed by atoms with E-state index in [4.69, 9.17) is 9.47 Å². The van der Waals surface area contributed by atoms with Gasteiger partial charge in [0, 0.05) is 12.0 Å². The van der Waals surface area contributed by atoms with E-state index in [-0.39, 0.29) is 11.9 Å². The fourth-order valence-corrected chi connectivity index (χ4v) is 2.12. The van der Waals surface area contributed by atoms with E-state index in [9.17, 15) is 9.18 Å². The Hall–Kier alpha value is -2.43. The van der Waals surface area contributed by atoms with Gasteiger partial charge >= 0.3 is 0 Å². The van der Waals surface area contributed by atoms with Crippen molar-refractivity contribution in [2.24, 2.45) is 0 Å². The monoisotopic (exact) mass is 273 g/mol. The molecule has 0 aliphatic carbocycles. The fraction of sp³-hybridized carbons (Fsp3) is 0.200. The van der Waals surface area contributed by atoms with Crippen LogP contribution in [0.4, 0.5) is 4.39 Å². The van der Waals surface area contributed by atoms with E-state index < -0.39 is 0 Å². The van der Waals surface area contributed by atoms with Crippen LogP contribution in [0.3, 0.4) is 0 Å². The molecule has 0 fully saturated rings. The number of aromatic nitrogens is 1. The first-order chi connectivity index (χ1) is 9.74. The summed E-state index contributed by atoms with van der Waals surface area (Å²) in [5, 5.41) is 0. The number of carbonyl (C=O) groups is 1. The lowest BCUT2D eigenvalue weighted by Crippen LogP contribution is -2.22. The van der Waals surface area contributed by atoms with E-state index in [2.05, 4.69) is 4.98 Å². The first kappa shape index (κ1) is 12.6. The quantitative estimate of drug-likeness (QED) is 0.803. The van der Waals surface area contributed by atoms with Crippen LogP contribution in [-0.4, -0.2) is 24.0 Å².